The van der Waals surface area contributed by atoms with Gasteiger partial charge >= 0.3 is 0 Å². The van der Waals surface area contributed by atoms with Gasteiger partial charge < -0.3 is 15.4 Å². The van der Waals surface area contributed by atoms with Crippen LogP contribution in [0.4, 0.5) is 11.4 Å². The van der Waals surface area contributed by atoms with Crippen molar-refractivity contribution in [2.24, 2.45) is 0 Å². The number of amides is 1. The Morgan fingerprint density at radius 1 is 1.52 bits per heavy atom. The number of nitro groups is 1. The number of ether oxygens (including phenoxy) is 1. The molecule has 21 heavy (non-hydrogen) atoms. The normalized spacial score (nSPS) is 17.5. The third-order valence-electron chi connectivity index (χ3n) is 3.29. The summed E-state index contributed by atoms with van der Waals surface area (Å²) in [7, 11) is 0. The van der Waals surface area contributed by atoms with Gasteiger partial charge in [0, 0.05) is 24.8 Å². The van der Waals surface area contributed by atoms with Crippen molar-refractivity contribution in [3.8, 4) is 0 Å². The fourth-order valence-electron chi connectivity index (χ4n) is 2.15. The molecule has 1 aromatic carbocycles. The number of carbonyl (C=O) groups excluding carboxylic acids is 1. The average molecular weight is 293 g/mol. The molecule has 0 spiro atoms. The molecule has 0 radical (unpaired) electrons. The number of nitrogens with one attached hydrogen (secondary N) is 2. The molecular formula is C14H19N3O4. The van der Waals surface area contributed by atoms with E-state index in [2.05, 4.69) is 10.6 Å². The second-order valence-corrected chi connectivity index (χ2v) is 4.95. The summed E-state index contributed by atoms with van der Waals surface area (Å²) in [6, 6.07) is 4.46. The van der Waals surface area contributed by atoms with Crippen molar-refractivity contribution in [2.45, 2.75) is 25.8 Å². The van der Waals surface area contributed by atoms with Gasteiger partial charge in [0.1, 0.15) is 5.69 Å². The second-order valence-electron chi connectivity index (χ2n) is 4.95. The summed E-state index contributed by atoms with van der Waals surface area (Å²) in [6.45, 7) is 3.74. The van der Waals surface area contributed by atoms with Gasteiger partial charge in [0.2, 0.25) is 0 Å². The summed E-state index contributed by atoms with van der Waals surface area (Å²) >= 11 is 0. The zero-order valence-electron chi connectivity index (χ0n) is 11.9. The first-order chi connectivity index (χ1) is 10.1. The maximum absolute atomic E-state index is 12.1. The third-order valence-corrected chi connectivity index (χ3v) is 3.29. The van der Waals surface area contributed by atoms with E-state index in [1.54, 1.807) is 12.1 Å². The fourth-order valence-corrected chi connectivity index (χ4v) is 2.15. The molecule has 1 aromatic rings. The molecule has 1 saturated heterocycles. The van der Waals surface area contributed by atoms with Gasteiger partial charge in [0.15, 0.2) is 0 Å². The zero-order valence-corrected chi connectivity index (χ0v) is 11.9. The molecule has 0 bridgehead atoms. The summed E-state index contributed by atoms with van der Waals surface area (Å²) in [5.74, 6) is -0.310. The molecule has 2 rings (SSSR count). The highest BCUT2D eigenvalue weighted by molar-refractivity contribution is 5.96. The van der Waals surface area contributed by atoms with E-state index >= 15 is 0 Å². The molecule has 2 N–H and O–H groups in total. The largest absolute Gasteiger partial charge is 0.380 e. The number of anilines is 1. The van der Waals surface area contributed by atoms with Crippen LogP contribution in [-0.4, -0.2) is 36.6 Å². The van der Waals surface area contributed by atoms with E-state index in [1.165, 1.54) is 6.07 Å². The Morgan fingerprint density at radius 3 is 2.95 bits per heavy atom. The third kappa shape index (κ3) is 3.91. The first-order valence-electron chi connectivity index (χ1n) is 7.02. The number of hydrogen-bond acceptors (Lipinski definition) is 5. The standard InChI is InChI=1S/C14H19N3O4/c1-2-6-15-12-4-3-10(8-13(12)17(19)20)14(18)16-11-5-7-21-9-11/h3-4,8,11,15H,2,5-7,9H2,1H3,(H,16,18). The first kappa shape index (κ1) is 15.2. The molecule has 0 saturated carbocycles. The predicted octanol–water partition coefficient (Wildman–Crippen LogP) is 1.94. The van der Waals surface area contributed by atoms with Crippen LogP contribution in [0.1, 0.15) is 30.1 Å². The molecule has 1 atom stereocenters. The molecular weight excluding hydrogens is 274 g/mol. The quantitative estimate of drug-likeness (QED) is 0.617. The Labute approximate surface area is 122 Å². The molecule has 1 unspecified atom stereocenters. The monoisotopic (exact) mass is 293 g/mol. The number of rotatable bonds is 6. The minimum absolute atomic E-state index is 0.0190. The highest BCUT2D eigenvalue weighted by atomic mass is 16.6. The SMILES string of the molecule is CCCNc1ccc(C(=O)NC2CCOC2)cc1[N+](=O)[O-]. The van der Waals surface area contributed by atoms with Crippen molar-refractivity contribution < 1.29 is 14.5 Å². The van der Waals surface area contributed by atoms with Crippen LogP contribution < -0.4 is 10.6 Å². The Morgan fingerprint density at radius 2 is 2.33 bits per heavy atom. The second kappa shape index (κ2) is 7.03. The van der Waals surface area contributed by atoms with Gasteiger partial charge in [-0.2, -0.15) is 0 Å². The van der Waals surface area contributed by atoms with Gasteiger partial charge in [-0.3, -0.25) is 14.9 Å². The van der Waals surface area contributed by atoms with Gasteiger partial charge in [0.25, 0.3) is 11.6 Å². The van der Waals surface area contributed by atoms with Crippen LogP contribution in [0, 0.1) is 10.1 Å². The van der Waals surface area contributed by atoms with Crippen molar-refractivity contribution in [3.63, 3.8) is 0 Å². The van der Waals surface area contributed by atoms with E-state index < -0.39 is 4.92 Å². The Kier molecular flexibility index (Phi) is 5.10. The Balaban J connectivity index is 2.14. The van der Waals surface area contributed by atoms with Crippen LogP contribution in [0.15, 0.2) is 18.2 Å². The van der Waals surface area contributed by atoms with Crippen molar-refractivity contribution in [1.82, 2.24) is 5.32 Å². The minimum atomic E-state index is -0.479. The molecule has 1 aliphatic heterocycles. The summed E-state index contributed by atoms with van der Waals surface area (Å²) < 4.78 is 5.19. The first-order valence-corrected chi connectivity index (χ1v) is 7.02. The summed E-state index contributed by atoms with van der Waals surface area (Å²) in [5, 5.41) is 16.9. The molecule has 1 amide bonds. The summed E-state index contributed by atoms with van der Waals surface area (Å²) in [4.78, 5) is 22.7. The number of carbonyl (C=O) groups is 1. The van der Waals surface area contributed by atoms with Crippen LogP contribution in [0.25, 0.3) is 0 Å². The van der Waals surface area contributed by atoms with Crippen LogP contribution in [0.2, 0.25) is 0 Å². The number of nitrogens with zero attached hydrogens (tertiary/aromatic N) is 1. The van der Waals surface area contributed by atoms with E-state index in [1.807, 2.05) is 6.92 Å². The lowest BCUT2D eigenvalue weighted by Gasteiger charge is -2.11. The molecule has 1 fully saturated rings. The van der Waals surface area contributed by atoms with E-state index in [0.717, 1.165) is 12.8 Å². The van der Waals surface area contributed by atoms with Crippen LogP contribution >= 0.6 is 0 Å². The highest BCUT2D eigenvalue weighted by Crippen LogP contribution is 2.25. The van der Waals surface area contributed by atoms with Crippen molar-refractivity contribution in [3.05, 3.63) is 33.9 Å². The number of hydrogen-bond donors (Lipinski definition) is 2. The van der Waals surface area contributed by atoms with E-state index in [9.17, 15) is 14.9 Å². The van der Waals surface area contributed by atoms with E-state index in [-0.39, 0.29) is 23.2 Å². The fraction of sp³-hybridized carbons (Fsp3) is 0.500. The zero-order chi connectivity index (χ0) is 15.2. The average Bonchev–Trinajstić information content (AvgIpc) is 2.97. The van der Waals surface area contributed by atoms with Gasteiger partial charge in [-0.15, -0.1) is 0 Å². The lowest BCUT2D eigenvalue weighted by atomic mass is 10.1. The van der Waals surface area contributed by atoms with Gasteiger partial charge in [-0.25, -0.2) is 0 Å². The summed E-state index contributed by atoms with van der Waals surface area (Å²) in [6.07, 6.45) is 1.63. The maximum Gasteiger partial charge on any atom is 0.293 e. The van der Waals surface area contributed by atoms with Gasteiger partial charge in [-0.05, 0) is 25.0 Å². The van der Waals surface area contributed by atoms with E-state index in [4.69, 9.17) is 4.74 Å². The van der Waals surface area contributed by atoms with Gasteiger partial charge in [0.05, 0.1) is 17.6 Å². The highest BCUT2D eigenvalue weighted by Gasteiger charge is 2.21. The molecule has 1 heterocycles. The van der Waals surface area contributed by atoms with Crippen LogP contribution in [-0.2, 0) is 4.74 Å². The number of nitro benzene ring substituents is 1. The summed E-state index contributed by atoms with van der Waals surface area (Å²) in [5.41, 5.74) is 0.636. The molecule has 7 nitrogen and oxygen atoms in total. The number of benzene rings is 1. The molecule has 114 valence electrons. The maximum atomic E-state index is 12.1. The van der Waals surface area contributed by atoms with E-state index in [0.29, 0.717) is 25.4 Å². The minimum Gasteiger partial charge on any atom is -0.380 e. The molecule has 0 aliphatic carbocycles. The van der Waals surface area contributed by atoms with Crippen molar-refractivity contribution >= 4 is 17.3 Å². The van der Waals surface area contributed by atoms with Crippen LogP contribution in [0.3, 0.4) is 0 Å². The lowest BCUT2D eigenvalue weighted by Crippen LogP contribution is -2.35. The van der Waals surface area contributed by atoms with Crippen LogP contribution in [0.5, 0.6) is 0 Å². The smallest absolute Gasteiger partial charge is 0.293 e. The molecule has 1 aliphatic rings. The van der Waals surface area contributed by atoms with Gasteiger partial charge in [-0.1, -0.05) is 6.92 Å². The predicted molar refractivity (Wildman–Crippen MR) is 78.6 cm³/mol. The van der Waals surface area contributed by atoms with Crippen molar-refractivity contribution in [1.29, 1.82) is 0 Å². The molecule has 0 aromatic heterocycles. The van der Waals surface area contributed by atoms with Crippen molar-refractivity contribution in [2.75, 3.05) is 25.1 Å². The lowest BCUT2D eigenvalue weighted by molar-refractivity contribution is -0.384. The molecule has 7 heteroatoms. The topological polar surface area (TPSA) is 93.5 Å². The Bertz CT molecular complexity index is 527. The Hall–Kier alpha value is -2.15.